The Labute approximate surface area is 287 Å². The Morgan fingerprint density at radius 2 is 1.10 bits per heavy atom. The Hall–Kier alpha value is -6.16. The maximum Gasteiger partial charge on any atom is 0.159 e. The second-order valence-electron chi connectivity index (χ2n) is 12.6. The van der Waals surface area contributed by atoms with Gasteiger partial charge in [-0.25, -0.2) is 0 Å². The van der Waals surface area contributed by atoms with Gasteiger partial charge >= 0.3 is 0 Å². The van der Waals surface area contributed by atoms with Gasteiger partial charge in [0.2, 0.25) is 0 Å². The molecule has 0 aliphatic rings. The minimum atomic E-state index is 0.870. The summed E-state index contributed by atoms with van der Waals surface area (Å²) in [5.41, 5.74) is 9.58. The van der Waals surface area contributed by atoms with Crippen molar-refractivity contribution in [1.29, 1.82) is 0 Å². The number of nitrogens with zero attached hydrogens (tertiary/aromatic N) is 1. The lowest BCUT2D eigenvalue weighted by molar-refractivity contribution is 0.669. The van der Waals surface area contributed by atoms with E-state index in [1.807, 2.05) is 17.4 Å². The number of hydrogen-bond acceptors (Lipinski definition) is 3. The quantitative estimate of drug-likeness (QED) is 0.186. The van der Waals surface area contributed by atoms with E-state index >= 15 is 0 Å². The third-order valence-corrected chi connectivity index (χ3v) is 10.8. The van der Waals surface area contributed by atoms with Crippen LogP contribution in [0.25, 0.3) is 75.1 Å². The molecule has 2 heterocycles. The van der Waals surface area contributed by atoms with Crippen LogP contribution in [-0.4, -0.2) is 0 Å². The molecule has 0 aliphatic carbocycles. The third kappa shape index (κ3) is 4.70. The summed E-state index contributed by atoms with van der Waals surface area (Å²) >= 11 is 1.85. The highest BCUT2D eigenvalue weighted by Gasteiger charge is 2.21. The molecule has 0 fully saturated rings. The van der Waals surface area contributed by atoms with Gasteiger partial charge in [-0.3, -0.25) is 0 Å². The Kier molecular flexibility index (Phi) is 6.39. The Balaban J connectivity index is 1.26. The van der Waals surface area contributed by atoms with E-state index in [9.17, 15) is 0 Å². The second kappa shape index (κ2) is 11.2. The van der Waals surface area contributed by atoms with E-state index in [0.29, 0.717) is 0 Å². The highest BCUT2D eigenvalue weighted by Crippen LogP contribution is 2.45. The summed E-state index contributed by atoms with van der Waals surface area (Å²) < 4.78 is 9.28. The van der Waals surface area contributed by atoms with Crippen LogP contribution >= 0.6 is 11.3 Å². The average molecular weight is 644 g/mol. The first-order valence-electron chi connectivity index (χ1n) is 16.6. The van der Waals surface area contributed by atoms with E-state index in [2.05, 4.69) is 175 Å². The second-order valence-corrected chi connectivity index (χ2v) is 13.6. The molecule has 2 aromatic heterocycles. The van der Waals surface area contributed by atoms with Crippen molar-refractivity contribution < 1.29 is 4.42 Å². The van der Waals surface area contributed by atoms with Gasteiger partial charge in [0.15, 0.2) is 5.58 Å². The molecule has 10 aromatic rings. The molecule has 8 aromatic carbocycles. The molecule has 0 saturated heterocycles. The fourth-order valence-electron chi connectivity index (χ4n) is 7.26. The molecule has 0 unspecified atom stereocenters. The normalized spacial score (nSPS) is 11.7. The van der Waals surface area contributed by atoms with Gasteiger partial charge in [-0.1, -0.05) is 115 Å². The molecule has 230 valence electrons. The summed E-state index contributed by atoms with van der Waals surface area (Å²) in [7, 11) is 0. The van der Waals surface area contributed by atoms with Crippen LogP contribution < -0.4 is 4.90 Å². The summed E-state index contributed by atoms with van der Waals surface area (Å²) in [5.74, 6) is 0. The van der Waals surface area contributed by atoms with Crippen LogP contribution in [0.1, 0.15) is 0 Å². The highest BCUT2D eigenvalue weighted by molar-refractivity contribution is 7.25. The van der Waals surface area contributed by atoms with E-state index < -0.39 is 0 Å². The number of thiophene rings is 1. The molecule has 2 nitrogen and oxygen atoms in total. The first-order chi connectivity index (χ1) is 24.3. The molecular weight excluding hydrogens is 615 g/mol. The standard InChI is InChI=1S/C46H29NOS/c1-2-11-30(12-3-1)34-25-35(33-22-24-45-41(29-33)39-16-7-9-20-44(39)49-45)28-37(27-34)47(36-23-21-31-13-4-5-14-32(31)26-36)42-18-10-17-40-38-15-6-8-19-43(38)48-46(40)42/h1-29H. The molecule has 0 radical (unpaired) electrons. The summed E-state index contributed by atoms with van der Waals surface area (Å²) in [5, 5.41) is 7.22. The van der Waals surface area contributed by atoms with Crippen molar-refractivity contribution in [2.45, 2.75) is 0 Å². The predicted octanol–water partition coefficient (Wildman–Crippen LogP) is 13.9. The van der Waals surface area contributed by atoms with Crippen molar-refractivity contribution >= 4 is 81.3 Å². The van der Waals surface area contributed by atoms with Crippen molar-refractivity contribution in [3.8, 4) is 22.3 Å². The summed E-state index contributed by atoms with van der Waals surface area (Å²) in [6.45, 7) is 0. The predicted molar refractivity (Wildman–Crippen MR) is 210 cm³/mol. The number of anilines is 3. The highest BCUT2D eigenvalue weighted by atomic mass is 32.1. The van der Waals surface area contributed by atoms with Crippen LogP contribution in [0, 0.1) is 0 Å². The van der Waals surface area contributed by atoms with Gasteiger partial charge in [0.25, 0.3) is 0 Å². The van der Waals surface area contributed by atoms with Gasteiger partial charge < -0.3 is 9.32 Å². The fourth-order valence-corrected chi connectivity index (χ4v) is 8.35. The number of hydrogen-bond donors (Lipinski definition) is 0. The zero-order chi connectivity index (χ0) is 32.3. The minimum Gasteiger partial charge on any atom is -0.454 e. The van der Waals surface area contributed by atoms with Gasteiger partial charge in [0.05, 0.1) is 5.69 Å². The number of para-hydroxylation sites is 2. The van der Waals surface area contributed by atoms with Crippen LogP contribution in [0.5, 0.6) is 0 Å². The van der Waals surface area contributed by atoms with E-state index in [1.165, 1.54) is 42.1 Å². The first-order valence-corrected chi connectivity index (χ1v) is 17.4. The molecule has 49 heavy (non-hydrogen) atoms. The van der Waals surface area contributed by atoms with Crippen molar-refractivity contribution in [2.75, 3.05) is 4.90 Å². The molecular formula is C46H29NOS. The molecule has 0 aliphatic heterocycles. The van der Waals surface area contributed by atoms with E-state index in [1.54, 1.807) is 0 Å². The molecule has 0 bridgehead atoms. The monoisotopic (exact) mass is 643 g/mol. The van der Waals surface area contributed by atoms with Crippen LogP contribution in [0.3, 0.4) is 0 Å². The Bertz CT molecular complexity index is 2840. The van der Waals surface area contributed by atoms with Gasteiger partial charge in [-0.15, -0.1) is 11.3 Å². The molecule has 3 heteroatoms. The SMILES string of the molecule is c1ccc(-c2cc(-c3ccc4sc5ccccc5c4c3)cc(N(c3ccc4ccccc4c3)c3cccc4c3oc3ccccc34)c2)cc1. The largest absolute Gasteiger partial charge is 0.454 e. The molecule has 0 amide bonds. The van der Waals surface area contributed by atoms with Crippen molar-refractivity contribution in [2.24, 2.45) is 0 Å². The topological polar surface area (TPSA) is 16.4 Å². The summed E-state index contributed by atoms with van der Waals surface area (Å²) in [6.07, 6.45) is 0. The molecule has 0 atom stereocenters. The van der Waals surface area contributed by atoms with Crippen molar-refractivity contribution in [3.63, 3.8) is 0 Å². The van der Waals surface area contributed by atoms with E-state index in [-0.39, 0.29) is 0 Å². The first kappa shape index (κ1) is 27.9. The Morgan fingerprint density at radius 1 is 0.388 bits per heavy atom. The van der Waals surface area contributed by atoms with Crippen LogP contribution in [0.15, 0.2) is 180 Å². The van der Waals surface area contributed by atoms with E-state index in [0.717, 1.165) is 50.1 Å². The van der Waals surface area contributed by atoms with Crippen molar-refractivity contribution in [1.82, 2.24) is 0 Å². The number of rotatable bonds is 5. The lowest BCUT2D eigenvalue weighted by Gasteiger charge is -2.27. The van der Waals surface area contributed by atoms with Gasteiger partial charge in [-0.05, 0) is 93.7 Å². The number of benzene rings is 8. The third-order valence-electron chi connectivity index (χ3n) is 9.61. The minimum absolute atomic E-state index is 0.870. The van der Waals surface area contributed by atoms with Gasteiger partial charge in [0.1, 0.15) is 5.58 Å². The van der Waals surface area contributed by atoms with Crippen LogP contribution in [0.2, 0.25) is 0 Å². The van der Waals surface area contributed by atoms with Gasteiger partial charge in [0, 0.05) is 42.3 Å². The maximum absolute atomic E-state index is 6.66. The average Bonchev–Trinajstić information content (AvgIpc) is 3.74. The van der Waals surface area contributed by atoms with Crippen LogP contribution in [-0.2, 0) is 0 Å². The van der Waals surface area contributed by atoms with Gasteiger partial charge in [-0.2, -0.15) is 0 Å². The lowest BCUT2D eigenvalue weighted by Crippen LogP contribution is -2.10. The summed E-state index contributed by atoms with van der Waals surface area (Å²) in [4.78, 5) is 2.37. The summed E-state index contributed by atoms with van der Waals surface area (Å²) in [6, 6.07) is 63.4. The van der Waals surface area contributed by atoms with Crippen molar-refractivity contribution in [3.05, 3.63) is 176 Å². The molecule has 0 saturated carbocycles. The number of fused-ring (bicyclic) bond motifs is 7. The molecule has 0 spiro atoms. The smallest absolute Gasteiger partial charge is 0.159 e. The fraction of sp³-hybridized carbons (Fsp3) is 0. The zero-order valence-electron chi connectivity index (χ0n) is 26.5. The van der Waals surface area contributed by atoms with Crippen LogP contribution in [0.4, 0.5) is 17.1 Å². The molecule has 0 N–H and O–H groups in total. The zero-order valence-corrected chi connectivity index (χ0v) is 27.3. The number of furan rings is 1. The lowest BCUT2D eigenvalue weighted by atomic mass is 9.96. The molecule has 10 rings (SSSR count). The maximum atomic E-state index is 6.66. The Morgan fingerprint density at radius 3 is 2.00 bits per heavy atom. The van der Waals surface area contributed by atoms with E-state index in [4.69, 9.17) is 4.42 Å².